The molecule has 60 valence electrons. The lowest BCUT2D eigenvalue weighted by Gasteiger charge is -1.96. The van der Waals surface area contributed by atoms with Crippen LogP contribution in [0.5, 0.6) is 0 Å². The van der Waals surface area contributed by atoms with Crippen molar-refractivity contribution in [1.29, 1.82) is 0 Å². The smallest absolute Gasteiger partial charge is 0.177 e. The van der Waals surface area contributed by atoms with Gasteiger partial charge in [-0.25, -0.2) is 0 Å². The first-order valence-corrected chi connectivity index (χ1v) is 4.32. The molecule has 1 heterocycles. The van der Waals surface area contributed by atoms with Gasteiger partial charge < -0.3 is 5.73 Å². The van der Waals surface area contributed by atoms with E-state index in [4.69, 9.17) is 5.73 Å². The minimum Gasteiger partial charge on any atom is -0.324 e. The number of aryl methyl sites for hydroxylation is 2. The van der Waals surface area contributed by atoms with Gasteiger partial charge in [-0.05, 0) is 24.8 Å². The maximum absolute atomic E-state index is 11.2. The second-order valence-corrected chi connectivity index (χ2v) is 3.56. The van der Waals surface area contributed by atoms with Crippen molar-refractivity contribution >= 4 is 17.1 Å². The SMILES string of the molecule is Cc1csc(C)c1C(=O)CN. The van der Waals surface area contributed by atoms with Crippen LogP contribution in [0.1, 0.15) is 20.8 Å². The van der Waals surface area contributed by atoms with E-state index in [-0.39, 0.29) is 12.3 Å². The van der Waals surface area contributed by atoms with Crippen LogP contribution in [-0.4, -0.2) is 12.3 Å². The van der Waals surface area contributed by atoms with Gasteiger partial charge in [0.05, 0.1) is 6.54 Å². The second-order valence-electron chi connectivity index (χ2n) is 2.48. The molecule has 0 aliphatic heterocycles. The Morgan fingerprint density at radius 2 is 2.27 bits per heavy atom. The molecule has 0 aliphatic rings. The zero-order valence-electron chi connectivity index (χ0n) is 6.68. The van der Waals surface area contributed by atoms with Crippen LogP contribution in [0.4, 0.5) is 0 Å². The van der Waals surface area contributed by atoms with Gasteiger partial charge >= 0.3 is 0 Å². The Kier molecular flexibility index (Phi) is 2.42. The molecular formula is C8H11NOS. The van der Waals surface area contributed by atoms with Crippen LogP contribution in [0.2, 0.25) is 0 Å². The van der Waals surface area contributed by atoms with Crippen LogP contribution >= 0.6 is 11.3 Å². The number of thiophene rings is 1. The third-order valence-corrected chi connectivity index (χ3v) is 2.65. The van der Waals surface area contributed by atoms with Gasteiger partial charge in [0.1, 0.15) is 0 Å². The maximum atomic E-state index is 11.2. The summed E-state index contributed by atoms with van der Waals surface area (Å²) in [4.78, 5) is 12.3. The summed E-state index contributed by atoms with van der Waals surface area (Å²) >= 11 is 1.60. The summed E-state index contributed by atoms with van der Waals surface area (Å²) in [6.45, 7) is 3.99. The summed E-state index contributed by atoms with van der Waals surface area (Å²) in [7, 11) is 0. The number of rotatable bonds is 2. The van der Waals surface area contributed by atoms with Crippen LogP contribution in [0.25, 0.3) is 0 Å². The standard InChI is InChI=1S/C8H11NOS/c1-5-4-11-6(2)8(5)7(10)3-9/h4H,3,9H2,1-2H3. The largest absolute Gasteiger partial charge is 0.324 e. The number of nitrogens with two attached hydrogens (primary N) is 1. The van der Waals surface area contributed by atoms with E-state index in [0.29, 0.717) is 0 Å². The van der Waals surface area contributed by atoms with Gasteiger partial charge in [0, 0.05) is 10.4 Å². The monoisotopic (exact) mass is 169 g/mol. The minimum atomic E-state index is 0.0428. The Labute approximate surface area is 70.0 Å². The van der Waals surface area contributed by atoms with Crippen molar-refractivity contribution in [1.82, 2.24) is 0 Å². The lowest BCUT2D eigenvalue weighted by molar-refractivity contribution is 0.100. The Hall–Kier alpha value is -0.670. The highest BCUT2D eigenvalue weighted by Gasteiger charge is 2.11. The zero-order chi connectivity index (χ0) is 8.43. The third-order valence-electron chi connectivity index (χ3n) is 1.62. The molecule has 3 heteroatoms. The number of ketones is 1. The lowest BCUT2D eigenvalue weighted by Crippen LogP contribution is -2.14. The first kappa shape index (κ1) is 8.43. The number of hydrogen-bond acceptors (Lipinski definition) is 3. The van der Waals surface area contributed by atoms with Crippen LogP contribution < -0.4 is 5.73 Å². The Morgan fingerprint density at radius 3 is 2.64 bits per heavy atom. The molecule has 0 aromatic carbocycles. The Balaban J connectivity index is 3.10. The maximum Gasteiger partial charge on any atom is 0.177 e. The first-order valence-electron chi connectivity index (χ1n) is 3.44. The van der Waals surface area contributed by atoms with Crippen molar-refractivity contribution in [3.05, 3.63) is 21.4 Å². The van der Waals surface area contributed by atoms with Crippen molar-refractivity contribution in [2.45, 2.75) is 13.8 Å². The Bertz CT molecular complexity index is 258. The topological polar surface area (TPSA) is 43.1 Å². The van der Waals surface area contributed by atoms with Gasteiger partial charge in [-0.1, -0.05) is 0 Å². The lowest BCUT2D eigenvalue weighted by atomic mass is 10.1. The molecule has 0 amide bonds. The number of carbonyl (C=O) groups excluding carboxylic acids is 1. The second kappa shape index (κ2) is 3.15. The van der Waals surface area contributed by atoms with Crippen molar-refractivity contribution in [2.24, 2.45) is 5.73 Å². The van der Waals surface area contributed by atoms with Gasteiger partial charge in [0.25, 0.3) is 0 Å². The molecular weight excluding hydrogens is 158 g/mol. The predicted octanol–water partition coefficient (Wildman–Crippen LogP) is 1.51. The number of Topliss-reactive ketones (excluding diaryl/α,β-unsaturated/α-hetero) is 1. The molecule has 1 aromatic heterocycles. The molecule has 0 saturated carbocycles. The molecule has 11 heavy (non-hydrogen) atoms. The Morgan fingerprint density at radius 1 is 1.64 bits per heavy atom. The van der Waals surface area contributed by atoms with Gasteiger partial charge in [0.2, 0.25) is 0 Å². The summed E-state index contributed by atoms with van der Waals surface area (Å²) in [6, 6.07) is 0. The average molecular weight is 169 g/mol. The fraction of sp³-hybridized carbons (Fsp3) is 0.375. The highest BCUT2D eigenvalue weighted by Crippen LogP contribution is 2.20. The third kappa shape index (κ3) is 1.49. The summed E-state index contributed by atoms with van der Waals surface area (Å²) in [5, 5.41) is 1.98. The fourth-order valence-corrected chi connectivity index (χ4v) is 1.95. The van der Waals surface area contributed by atoms with Crippen molar-refractivity contribution in [3.63, 3.8) is 0 Å². The van der Waals surface area contributed by atoms with Crippen LogP contribution in [0, 0.1) is 13.8 Å². The van der Waals surface area contributed by atoms with E-state index in [1.807, 2.05) is 19.2 Å². The molecule has 0 saturated heterocycles. The molecule has 1 aromatic rings. The van der Waals surface area contributed by atoms with Gasteiger partial charge in [-0.15, -0.1) is 11.3 Å². The molecule has 2 N–H and O–H groups in total. The van der Waals surface area contributed by atoms with E-state index < -0.39 is 0 Å². The van der Waals surface area contributed by atoms with E-state index in [9.17, 15) is 4.79 Å². The zero-order valence-corrected chi connectivity index (χ0v) is 7.49. The number of hydrogen-bond donors (Lipinski definition) is 1. The van der Waals surface area contributed by atoms with Gasteiger partial charge in [0.15, 0.2) is 5.78 Å². The van der Waals surface area contributed by atoms with Gasteiger partial charge in [-0.3, -0.25) is 4.79 Å². The van der Waals surface area contributed by atoms with Crippen LogP contribution in [0.15, 0.2) is 5.38 Å². The quantitative estimate of drug-likeness (QED) is 0.682. The van der Waals surface area contributed by atoms with Gasteiger partial charge in [-0.2, -0.15) is 0 Å². The molecule has 0 fully saturated rings. The fourth-order valence-electron chi connectivity index (χ4n) is 1.09. The van der Waals surface area contributed by atoms with E-state index in [2.05, 4.69) is 0 Å². The van der Waals surface area contributed by atoms with Crippen molar-refractivity contribution in [2.75, 3.05) is 6.54 Å². The molecule has 0 aliphatic carbocycles. The van der Waals surface area contributed by atoms with E-state index in [1.54, 1.807) is 11.3 Å². The molecule has 2 nitrogen and oxygen atoms in total. The molecule has 0 atom stereocenters. The summed E-state index contributed by atoms with van der Waals surface area (Å²) in [5.41, 5.74) is 7.12. The first-order chi connectivity index (χ1) is 5.16. The molecule has 0 spiro atoms. The predicted molar refractivity (Wildman–Crippen MR) is 47.2 cm³/mol. The molecule has 1 rings (SSSR count). The van der Waals surface area contributed by atoms with Crippen molar-refractivity contribution < 1.29 is 4.79 Å². The molecule has 0 unspecified atom stereocenters. The van der Waals surface area contributed by atoms with E-state index in [0.717, 1.165) is 16.0 Å². The molecule has 0 bridgehead atoms. The summed E-state index contributed by atoms with van der Waals surface area (Å²) < 4.78 is 0. The van der Waals surface area contributed by atoms with Crippen LogP contribution in [-0.2, 0) is 0 Å². The normalized spacial score (nSPS) is 10.1. The summed E-state index contributed by atoms with van der Waals surface area (Å²) in [6.07, 6.45) is 0. The molecule has 0 radical (unpaired) electrons. The minimum absolute atomic E-state index is 0.0428. The number of carbonyl (C=O) groups is 1. The van der Waals surface area contributed by atoms with Crippen LogP contribution in [0.3, 0.4) is 0 Å². The highest BCUT2D eigenvalue weighted by atomic mass is 32.1. The van der Waals surface area contributed by atoms with Crippen molar-refractivity contribution in [3.8, 4) is 0 Å². The summed E-state index contributed by atoms with van der Waals surface area (Å²) in [5.74, 6) is 0.0428. The highest BCUT2D eigenvalue weighted by molar-refractivity contribution is 7.10. The average Bonchev–Trinajstić information content (AvgIpc) is 2.30. The van der Waals surface area contributed by atoms with E-state index >= 15 is 0 Å². The van der Waals surface area contributed by atoms with E-state index in [1.165, 1.54) is 0 Å².